The van der Waals surface area contributed by atoms with E-state index in [1.54, 1.807) is 13.2 Å². The molecule has 0 saturated carbocycles. The number of rotatable bonds is 3. The number of methoxy groups -OCH3 is 1. The minimum Gasteiger partial charge on any atom is -0.508 e. The second-order valence-electron chi connectivity index (χ2n) is 5.61. The van der Waals surface area contributed by atoms with E-state index in [4.69, 9.17) is 4.74 Å². The average molecular weight is 274 g/mol. The van der Waals surface area contributed by atoms with Gasteiger partial charge in [0.05, 0.1) is 7.11 Å². The molecule has 2 rings (SSSR count). The van der Waals surface area contributed by atoms with E-state index in [-0.39, 0.29) is 23.3 Å². The molecule has 0 amide bonds. The van der Waals surface area contributed by atoms with Crippen LogP contribution in [0.3, 0.4) is 0 Å². The van der Waals surface area contributed by atoms with Gasteiger partial charge < -0.3 is 14.9 Å². The Bertz CT molecular complexity index is 558. The Hall–Kier alpha value is -1.90. The molecule has 0 spiro atoms. The summed E-state index contributed by atoms with van der Waals surface area (Å²) < 4.78 is 5.34. The Morgan fingerprint density at radius 3 is 2.65 bits per heavy atom. The number of hydrogen-bond donors (Lipinski definition) is 2. The second kappa shape index (κ2) is 5.61. The molecule has 20 heavy (non-hydrogen) atoms. The maximum Gasteiger partial charge on any atom is 0.130 e. The second-order valence-corrected chi connectivity index (χ2v) is 5.61. The van der Waals surface area contributed by atoms with Gasteiger partial charge in [0.2, 0.25) is 0 Å². The fourth-order valence-corrected chi connectivity index (χ4v) is 3.01. The number of phenolic OH excluding ortho intramolecular Hbond substituents is 2. The van der Waals surface area contributed by atoms with Gasteiger partial charge >= 0.3 is 0 Å². The van der Waals surface area contributed by atoms with Gasteiger partial charge in [0, 0.05) is 23.6 Å². The van der Waals surface area contributed by atoms with Crippen LogP contribution in [0.4, 0.5) is 0 Å². The first-order chi connectivity index (χ1) is 9.43. The zero-order chi connectivity index (χ0) is 14.9. The summed E-state index contributed by atoms with van der Waals surface area (Å²) in [5.74, 6) is 0.917. The molecule has 0 heterocycles. The van der Waals surface area contributed by atoms with Crippen LogP contribution < -0.4 is 4.74 Å². The summed E-state index contributed by atoms with van der Waals surface area (Å²) in [6.45, 7) is 8.21. The molecule has 1 aromatic rings. The minimum absolute atomic E-state index is 0.00601. The van der Waals surface area contributed by atoms with Crippen LogP contribution in [-0.4, -0.2) is 17.3 Å². The molecule has 3 nitrogen and oxygen atoms in total. The van der Waals surface area contributed by atoms with Crippen molar-refractivity contribution in [2.75, 3.05) is 7.11 Å². The van der Waals surface area contributed by atoms with Crippen molar-refractivity contribution in [1.29, 1.82) is 0 Å². The average Bonchev–Trinajstić information content (AvgIpc) is 2.37. The first-order valence-electron chi connectivity index (χ1n) is 6.86. The van der Waals surface area contributed by atoms with E-state index in [0.717, 1.165) is 24.0 Å². The highest BCUT2D eigenvalue weighted by atomic mass is 16.5. The van der Waals surface area contributed by atoms with Gasteiger partial charge in [-0.05, 0) is 32.6 Å². The third-order valence-electron chi connectivity index (χ3n) is 4.04. The summed E-state index contributed by atoms with van der Waals surface area (Å²) in [5.41, 5.74) is 3.15. The molecule has 1 aliphatic carbocycles. The van der Waals surface area contributed by atoms with Crippen molar-refractivity contribution < 1.29 is 14.9 Å². The SMILES string of the molecule is C=C(C)C1CCC(C)=CC1c1c(O)cc(O)cc1OC. The summed E-state index contributed by atoms with van der Waals surface area (Å²) in [7, 11) is 1.55. The zero-order valence-corrected chi connectivity index (χ0v) is 12.3. The first kappa shape index (κ1) is 14.5. The van der Waals surface area contributed by atoms with Crippen LogP contribution >= 0.6 is 0 Å². The zero-order valence-electron chi connectivity index (χ0n) is 12.3. The van der Waals surface area contributed by atoms with Crippen LogP contribution in [0.15, 0.2) is 35.9 Å². The molecule has 108 valence electrons. The van der Waals surface area contributed by atoms with Gasteiger partial charge in [0.25, 0.3) is 0 Å². The Kier molecular flexibility index (Phi) is 4.07. The van der Waals surface area contributed by atoms with Crippen molar-refractivity contribution in [3.05, 3.63) is 41.5 Å². The van der Waals surface area contributed by atoms with E-state index in [0.29, 0.717) is 5.75 Å². The van der Waals surface area contributed by atoms with E-state index in [2.05, 4.69) is 19.6 Å². The lowest BCUT2D eigenvalue weighted by Crippen LogP contribution is -2.17. The molecule has 1 aliphatic rings. The Morgan fingerprint density at radius 1 is 1.35 bits per heavy atom. The number of hydrogen-bond acceptors (Lipinski definition) is 3. The van der Waals surface area contributed by atoms with Crippen LogP contribution in [0.2, 0.25) is 0 Å². The number of ether oxygens (including phenoxy) is 1. The van der Waals surface area contributed by atoms with Crippen molar-refractivity contribution >= 4 is 0 Å². The summed E-state index contributed by atoms with van der Waals surface area (Å²) in [6, 6.07) is 2.91. The highest BCUT2D eigenvalue weighted by Gasteiger charge is 2.30. The summed E-state index contributed by atoms with van der Waals surface area (Å²) in [6.07, 6.45) is 4.25. The van der Waals surface area contributed by atoms with Gasteiger partial charge in [-0.1, -0.05) is 23.8 Å². The standard InChI is InChI=1S/C17H22O3/c1-10(2)13-6-5-11(3)7-14(13)17-15(19)8-12(18)9-16(17)20-4/h7-9,13-14,18-19H,1,5-6H2,2-4H3. The molecule has 0 bridgehead atoms. The molecular formula is C17H22O3. The number of allylic oxidation sites excluding steroid dienone is 3. The Balaban J connectivity index is 2.57. The highest BCUT2D eigenvalue weighted by Crippen LogP contribution is 2.47. The van der Waals surface area contributed by atoms with Crippen LogP contribution in [0.1, 0.15) is 38.2 Å². The van der Waals surface area contributed by atoms with Gasteiger partial charge in [-0.15, -0.1) is 0 Å². The lowest BCUT2D eigenvalue weighted by Gasteiger charge is -2.31. The molecule has 1 aromatic carbocycles. The van der Waals surface area contributed by atoms with Gasteiger partial charge in [0.1, 0.15) is 17.2 Å². The van der Waals surface area contributed by atoms with Crippen molar-refractivity contribution in [2.45, 2.75) is 32.6 Å². The molecule has 0 aromatic heterocycles. The quantitative estimate of drug-likeness (QED) is 0.815. The van der Waals surface area contributed by atoms with E-state index >= 15 is 0 Å². The molecule has 2 atom stereocenters. The molecule has 2 unspecified atom stereocenters. The summed E-state index contributed by atoms with van der Waals surface area (Å²) in [5, 5.41) is 19.8. The third kappa shape index (κ3) is 2.67. The van der Waals surface area contributed by atoms with Crippen LogP contribution in [0, 0.1) is 5.92 Å². The topological polar surface area (TPSA) is 49.7 Å². The lowest BCUT2D eigenvalue weighted by atomic mass is 9.74. The van der Waals surface area contributed by atoms with Crippen LogP contribution in [0.5, 0.6) is 17.2 Å². The fourth-order valence-electron chi connectivity index (χ4n) is 3.01. The molecule has 0 fully saturated rings. The van der Waals surface area contributed by atoms with E-state index in [9.17, 15) is 10.2 Å². The predicted octanol–water partition coefficient (Wildman–Crippen LogP) is 4.12. The van der Waals surface area contributed by atoms with Crippen LogP contribution in [-0.2, 0) is 0 Å². The molecule has 0 aliphatic heterocycles. The predicted molar refractivity (Wildman–Crippen MR) is 80.4 cm³/mol. The number of benzene rings is 1. The maximum atomic E-state index is 10.2. The van der Waals surface area contributed by atoms with Gasteiger partial charge in [-0.2, -0.15) is 0 Å². The lowest BCUT2D eigenvalue weighted by molar-refractivity contribution is 0.374. The number of aromatic hydroxyl groups is 2. The normalized spacial score (nSPS) is 22.2. The van der Waals surface area contributed by atoms with E-state index in [1.807, 2.05) is 6.92 Å². The fraction of sp³-hybridized carbons (Fsp3) is 0.412. The smallest absolute Gasteiger partial charge is 0.130 e. The molecular weight excluding hydrogens is 252 g/mol. The monoisotopic (exact) mass is 274 g/mol. The van der Waals surface area contributed by atoms with Crippen molar-refractivity contribution in [3.8, 4) is 17.2 Å². The maximum absolute atomic E-state index is 10.2. The van der Waals surface area contributed by atoms with E-state index < -0.39 is 0 Å². The molecule has 3 heteroatoms. The van der Waals surface area contributed by atoms with E-state index in [1.165, 1.54) is 11.6 Å². The first-order valence-corrected chi connectivity index (χ1v) is 6.86. The minimum atomic E-state index is 0.00601. The molecule has 0 saturated heterocycles. The largest absolute Gasteiger partial charge is 0.508 e. The van der Waals surface area contributed by atoms with Gasteiger partial charge in [-0.3, -0.25) is 0 Å². The Morgan fingerprint density at radius 2 is 2.05 bits per heavy atom. The van der Waals surface area contributed by atoms with Crippen molar-refractivity contribution in [2.24, 2.45) is 5.92 Å². The third-order valence-corrected chi connectivity index (χ3v) is 4.04. The molecule has 2 N–H and O–H groups in total. The van der Waals surface area contributed by atoms with Gasteiger partial charge in [-0.25, -0.2) is 0 Å². The Labute approximate surface area is 120 Å². The van der Waals surface area contributed by atoms with Crippen molar-refractivity contribution in [1.82, 2.24) is 0 Å². The highest BCUT2D eigenvalue weighted by molar-refractivity contribution is 5.54. The van der Waals surface area contributed by atoms with Crippen molar-refractivity contribution in [3.63, 3.8) is 0 Å². The summed E-state index contributed by atoms with van der Waals surface area (Å²) in [4.78, 5) is 0. The summed E-state index contributed by atoms with van der Waals surface area (Å²) >= 11 is 0. The van der Waals surface area contributed by atoms with Gasteiger partial charge in [0.15, 0.2) is 0 Å². The molecule has 0 radical (unpaired) electrons. The number of phenols is 2. The van der Waals surface area contributed by atoms with Crippen LogP contribution in [0.25, 0.3) is 0 Å².